The third kappa shape index (κ3) is 3.37. The quantitative estimate of drug-likeness (QED) is 0.570. The standard InChI is InChI=1S/C18H20N4O5/c23-7-6-12-14(24)15(26-8-11-4-2-1-3-5-11)18(27-12)22-10-21-13-16(22)19-9-20-17(13)25/h1-5,9-10,12,14-15,18,23-24H,6-8H2,(H,19,20,25). The lowest BCUT2D eigenvalue weighted by molar-refractivity contribution is -0.0743. The molecule has 0 saturated carbocycles. The molecular formula is C18H20N4O5. The Hall–Kier alpha value is -2.59. The number of rotatable bonds is 6. The molecule has 4 unspecified atom stereocenters. The largest absolute Gasteiger partial charge is 0.396 e. The highest BCUT2D eigenvalue weighted by molar-refractivity contribution is 5.68. The molecule has 0 radical (unpaired) electrons. The summed E-state index contributed by atoms with van der Waals surface area (Å²) in [6.07, 6.45) is 0.0399. The topological polar surface area (TPSA) is 122 Å². The number of hydrogen-bond donors (Lipinski definition) is 3. The van der Waals surface area contributed by atoms with Crippen molar-refractivity contribution in [2.75, 3.05) is 6.61 Å². The Morgan fingerprint density at radius 1 is 1.26 bits per heavy atom. The second kappa shape index (κ2) is 7.57. The minimum absolute atomic E-state index is 0.123. The van der Waals surface area contributed by atoms with E-state index in [4.69, 9.17) is 9.47 Å². The molecule has 0 amide bonds. The summed E-state index contributed by atoms with van der Waals surface area (Å²) in [5.74, 6) is 0. The highest BCUT2D eigenvalue weighted by Gasteiger charge is 2.45. The number of benzene rings is 1. The van der Waals surface area contributed by atoms with Gasteiger partial charge >= 0.3 is 0 Å². The van der Waals surface area contributed by atoms with Gasteiger partial charge in [0.2, 0.25) is 0 Å². The lowest BCUT2D eigenvalue weighted by Gasteiger charge is -2.22. The molecule has 27 heavy (non-hydrogen) atoms. The molecule has 1 saturated heterocycles. The van der Waals surface area contributed by atoms with E-state index in [0.29, 0.717) is 5.65 Å². The smallest absolute Gasteiger partial charge is 0.278 e. The molecule has 0 aliphatic carbocycles. The van der Waals surface area contributed by atoms with Gasteiger partial charge in [0.15, 0.2) is 17.4 Å². The van der Waals surface area contributed by atoms with Crippen molar-refractivity contribution in [3.8, 4) is 0 Å². The number of hydrogen-bond acceptors (Lipinski definition) is 7. The van der Waals surface area contributed by atoms with Crippen LogP contribution >= 0.6 is 0 Å². The highest BCUT2D eigenvalue weighted by Crippen LogP contribution is 2.34. The number of aliphatic hydroxyl groups excluding tert-OH is 2. The van der Waals surface area contributed by atoms with E-state index in [1.54, 1.807) is 4.57 Å². The van der Waals surface area contributed by atoms with Crippen LogP contribution in [0.4, 0.5) is 0 Å². The molecule has 4 atom stereocenters. The summed E-state index contributed by atoms with van der Waals surface area (Å²) in [6.45, 7) is 0.164. The third-order valence-corrected chi connectivity index (χ3v) is 4.65. The summed E-state index contributed by atoms with van der Waals surface area (Å²) >= 11 is 0. The second-order valence-electron chi connectivity index (χ2n) is 6.38. The predicted molar refractivity (Wildman–Crippen MR) is 94.8 cm³/mol. The summed E-state index contributed by atoms with van der Waals surface area (Å²) in [5.41, 5.74) is 1.13. The van der Waals surface area contributed by atoms with Crippen molar-refractivity contribution in [3.05, 3.63) is 58.9 Å². The van der Waals surface area contributed by atoms with Gasteiger partial charge in [-0.15, -0.1) is 0 Å². The first-order valence-electron chi connectivity index (χ1n) is 8.69. The van der Waals surface area contributed by atoms with Crippen molar-refractivity contribution in [2.24, 2.45) is 0 Å². The van der Waals surface area contributed by atoms with Crippen molar-refractivity contribution in [1.29, 1.82) is 0 Å². The molecule has 3 aromatic rings. The molecule has 0 spiro atoms. The van der Waals surface area contributed by atoms with Gasteiger partial charge in [-0.3, -0.25) is 9.36 Å². The number of nitrogens with one attached hydrogen (secondary N) is 1. The Balaban J connectivity index is 1.65. The Morgan fingerprint density at radius 2 is 2.07 bits per heavy atom. The minimum Gasteiger partial charge on any atom is -0.396 e. The minimum atomic E-state index is -0.940. The van der Waals surface area contributed by atoms with Crippen LogP contribution < -0.4 is 5.56 Å². The molecule has 1 aliphatic rings. The Labute approximate surface area is 154 Å². The van der Waals surface area contributed by atoms with E-state index in [1.807, 2.05) is 30.3 Å². The van der Waals surface area contributed by atoms with Gasteiger partial charge in [-0.05, 0) is 12.0 Å². The van der Waals surface area contributed by atoms with Crippen LogP contribution in [0.25, 0.3) is 11.2 Å². The maximum Gasteiger partial charge on any atom is 0.278 e. The van der Waals surface area contributed by atoms with Crippen LogP contribution in [0.1, 0.15) is 18.2 Å². The number of ether oxygens (including phenoxy) is 2. The number of fused-ring (bicyclic) bond motifs is 1. The number of imidazole rings is 1. The van der Waals surface area contributed by atoms with Crippen LogP contribution in [0, 0.1) is 0 Å². The van der Waals surface area contributed by atoms with E-state index in [0.717, 1.165) is 5.56 Å². The third-order valence-electron chi connectivity index (χ3n) is 4.65. The zero-order valence-corrected chi connectivity index (χ0v) is 14.4. The van der Waals surface area contributed by atoms with E-state index in [9.17, 15) is 15.0 Å². The lowest BCUT2D eigenvalue weighted by Crippen LogP contribution is -2.34. The average Bonchev–Trinajstić information content (AvgIpc) is 3.24. The van der Waals surface area contributed by atoms with Crippen LogP contribution in [-0.2, 0) is 16.1 Å². The first kappa shape index (κ1) is 17.8. The van der Waals surface area contributed by atoms with Gasteiger partial charge in [-0.2, -0.15) is 0 Å². The average molecular weight is 372 g/mol. The van der Waals surface area contributed by atoms with Gasteiger partial charge < -0.3 is 24.7 Å². The fraction of sp³-hybridized carbons (Fsp3) is 0.389. The maximum absolute atomic E-state index is 11.9. The SMILES string of the molecule is O=c1[nH]cnc2c1ncn2C1OC(CCO)C(O)C1OCc1ccccc1. The first-order valence-corrected chi connectivity index (χ1v) is 8.69. The van der Waals surface area contributed by atoms with Crippen LogP contribution in [-0.4, -0.2) is 54.7 Å². The van der Waals surface area contributed by atoms with Gasteiger partial charge in [0.1, 0.15) is 12.2 Å². The van der Waals surface area contributed by atoms with Gasteiger partial charge in [0, 0.05) is 6.61 Å². The molecule has 4 rings (SSSR count). The zero-order chi connectivity index (χ0) is 18.8. The van der Waals surface area contributed by atoms with E-state index >= 15 is 0 Å². The molecule has 0 bridgehead atoms. The monoisotopic (exact) mass is 372 g/mol. The van der Waals surface area contributed by atoms with Crippen molar-refractivity contribution in [3.63, 3.8) is 0 Å². The van der Waals surface area contributed by atoms with Gasteiger partial charge in [-0.1, -0.05) is 30.3 Å². The Kier molecular flexibility index (Phi) is 4.99. The molecule has 1 fully saturated rings. The molecule has 2 aromatic heterocycles. The molecule has 9 heteroatoms. The molecule has 1 aliphatic heterocycles. The Bertz CT molecular complexity index is 957. The number of nitrogens with zero attached hydrogens (tertiary/aromatic N) is 3. The fourth-order valence-corrected chi connectivity index (χ4v) is 3.30. The number of H-pyrrole nitrogens is 1. The van der Waals surface area contributed by atoms with Gasteiger partial charge in [-0.25, -0.2) is 9.97 Å². The summed E-state index contributed by atoms with van der Waals surface area (Å²) < 4.78 is 13.5. The summed E-state index contributed by atoms with van der Waals surface area (Å²) in [5, 5.41) is 19.9. The van der Waals surface area contributed by atoms with Gasteiger partial charge in [0.05, 0.1) is 25.4 Å². The van der Waals surface area contributed by atoms with E-state index in [-0.39, 0.29) is 30.7 Å². The maximum atomic E-state index is 11.9. The molecule has 3 heterocycles. The molecule has 1 aromatic carbocycles. The predicted octanol–water partition coefficient (Wildman–Crippen LogP) is 0.346. The zero-order valence-electron chi connectivity index (χ0n) is 14.4. The number of aromatic amines is 1. The van der Waals surface area contributed by atoms with Crippen LogP contribution in [0.3, 0.4) is 0 Å². The highest BCUT2D eigenvalue weighted by atomic mass is 16.6. The van der Waals surface area contributed by atoms with E-state index in [2.05, 4.69) is 15.0 Å². The summed E-state index contributed by atoms with van der Waals surface area (Å²) in [6, 6.07) is 9.59. The van der Waals surface area contributed by atoms with Crippen molar-refractivity contribution in [2.45, 2.75) is 37.6 Å². The second-order valence-corrected chi connectivity index (χ2v) is 6.38. The van der Waals surface area contributed by atoms with Crippen LogP contribution in [0.15, 0.2) is 47.8 Å². The Morgan fingerprint density at radius 3 is 2.85 bits per heavy atom. The fourth-order valence-electron chi connectivity index (χ4n) is 3.30. The van der Waals surface area contributed by atoms with Crippen LogP contribution in [0.2, 0.25) is 0 Å². The summed E-state index contributed by atoms with van der Waals surface area (Å²) in [7, 11) is 0. The number of aromatic nitrogens is 4. The lowest BCUT2D eigenvalue weighted by atomic mass is 10.1. The first-order chi connectivity index (χ1) is 13.2. The van der Waals surface area contributed by atoms with E-state index < -0.39 is 24.5 Å². The summed E-state index contributed by atoms with van der Waals surface area (Å²) in [4.78, 5) is 22.7. The molecular weight excluding hydrogens is 352 g/mol. The van der Waals surface area contributed by atoms with Crippen LogP contribution in [0.5, 0.6) is 0 Å². The molecule has 142 valence electrons. The van der Waals surface area contributed by atoms with Gasteiger partial charge in [0.25, 0.3) is 5.56 Å². The normalized spacial score (nSPS) is 25.3. The molecule has 9 nitrogen and oxygen atoms in total. The number of aliphatic hydroxyl groups is 2. The van der Waals surface area contributed by atoms with Crippen molar-refractivity contribution in [1.82, 2.24) is 19.5 Å². The molecule has 3 N–H and O–H groups in total. The van der Waals surface area contributed by atoms with Crippen molar-refractivity contribution >= 4 is 11.2 Å². The van der Waals surface area contributed by atoms with E-state index in [1.165, 1.54) is 12.7 Å². The van der Waals surface area contributed by atoms with Crippen molar-refractivity contribution < 1.29 is 19.7 Å².